The summed E-state index contributed by atoms with van der Waals surface area (Å²) in [6.45, 7) is 1.52. The number of ether oxygens (including phenoxy) is 1. The van der Waals surface area contributed by atoms with Crippen LogP contribution in [0.4, 0.5) is 16.2 Å². The first-order valence-corrected chi connectivity index (χ1v) is 9.23. The molecule has 1 aliphatic rings. The van der Waals surface area contributed by atoms with E-state index >= 15 is 0 Å². The number of fused-ring (bicyclic) bond motifs is 1. The van der Waals surface area contributed by atoms with E-state index in [2.05, 4.69) is 10.9 Å². The van der Waals surface area contributed by atoms with E-state index in [0.29, 0.717) is 18.4 Å². The molecule has 0 bridgehead atoms. The Morgan fingerprint density at radius 3 is 2.57 bits per heavy atom. The first kappa shape index (κ1) is 20.8. The highest BCUT2D eigenvalue weighted by atomic mass is 16.6. The van der Waals surface area contributed by atoms with Crippen LogP contribution in [0.15, 0.2) is 42.5 Å². The number of hydrogen-bond donors (Lipinski definition) is 2. The summed E-state index contributed by atoms with van der Waals surface area (Å²) in [5, 5.41) is 11.7. The van der Waals surface area contributed by atoms with E-state index in [1.54, 1.807) is 12.1 Å². The van der Waals surface area contributed by atoms with Crippen LogP contribution in [0.25, 0.3) is 0 Å². The zero-order valence-electron chi connectivity index (χ0n) is 16.2. The number of carbonyl (C=O) groups excluding carboxylic acids is 3. The van der Waals surface area contributed by atoms with Crippen molar-refractivity contribution in [2.75, 3.05) is 11.4 Å². The number of hydrogen-bond acceptors (Lipinski definition) is 6. The molecule has 10 heteroatoms. The molecular weight excluding hydrogens is 392 g/mol. The van der Waals surface area contributed by atoms with Gasteiger partial charge < -0.3 is 4.74 Å². The molecule has 0 fully saturated rings. The largest absolute Gasteiger partial charge is 0.444 e. The van der Waals surface area contributed by atoms with E-state index < -0.39 is 22.8 Å². The van der Waals surface area contributed by atoms with Crippen molar-refractivity contribution in [2.45, 2.75) is 26.4 Å². The van der Waals surface area contributed by atoms with E-state index in [4.69, 9.17) is 4.74 Å². The summed E-state index contributed by atoms with van der Waals surface area (Å²) in [7, 11) is 0. The van der Waals surface area contributed by atoms with Gasteiger partial charge in [-0.05, 0) is 30.0 Å². The number of amides is 3. The first-order valence-electron chi connectivity index (χ1n) is 9.23. The van der Waals surface area contributed by atoms with Gasteiger partial charge in [0.15, 0.2) is 0 Å². The van der Waals surface area contributed by atoms with Crippen LogP contribution in [-0.2, 0) is 22.6 Å². The maximum absolute atomic E-state index is 12.7. The van der Waals surface area contributed by atoms with Crippen molar-refractivity contribution in [3.05, 3.63) is 69.3 Å². The van der Waals surface area contributed by atoms with E-state index in [1.165, 1.54) is 17.9 Å². The molecule has 0 spiro atoms. The lowest BCUT2D eigenvalue weighted by Crippen LogP contribution is -2.40. The fraction of sp³-hybridized carbons (Fsp3) is 0.250. The number of hydrazine groups is 1. The fourth-order valence-electron chi connectivity index (χ4n) is 3.19. The van der Waals surface area contributed by atoms with Gasteiger partial charge in [-0.1, -0.05) is 30.3 Å². The predicted octanol–water partition coefficient (Wildman–Crippen LogP) is 2.47. The molecule has 2 aromatic carbocycles. The van der Waals surface area contributed by atoms with Gasteiger partial charge in [-0.15, -0.1) is 0 Å². The average molecular weight is 412 g/mol. The van der Waals surface area contributed by atoms with Gasteiger partial charge in [0.25, 0.3) is 11.6 Å². The maximum atomic E-state index is 12.7. The van der Waals surface area contributed by atoms with Crippen LogP contribution in [0.5, 0.6) is 0 Å². The molecule has 0 atom stereocenters. The summed E-state index contributed by atoms with van der Waals surface area (Å²) < 4.78 is 5.34. The molecule has 1 aliphatic heterocycles. The Hall–Kier alpha value is -3.95. The topological polar surface area (TPSA) is 131 Å². The molecule has 156 valence electrons. The quantitative estimate of drug-likeness (QED) is 0.586. The lowest BCUT2D eigenvalue weighted by molar-refractivity contribution is -0.384. The van der Waals surface area contributed by atoms with Crippen LogP contribution in [0.3, 0.4) is 0 Å². The third-order valence-corrected chi connectivity index (χ3v) is 4.50. The fourth-order valence-corrected chi connectivity index (χ4v) is 3.19. The van der Waals surface area contributed by atoms with Gasteiger partial charge in [0.2, 0.25) is 5.91 Å². The highest BCUT2D eigenvalue weighted by molar-refractivity contribution is 5.99. The predicted molar refractivity (Wildman–Crippen MR) is 107 cm³/mol. The molecule has 10 nitrogen and oxygen atoms in total. The summed E-state index contributed by atoms with van der Waals surface area (Å²) in [5.74, 6) is -1.18. The van der Waals surface area contributed by atoms with Gasteiger partial charge in [0.1, 0.15) is 12.3 Å². The van der Waals surface area contributed by atoms with Gasteiger partial charge in [-0.2, -0.15) is 0 Å². The Bertz CT molecular complexity index is 992. The Morgan fingerprint density at radius 2 is 1.90 bits per heavy atom. The number of nitro groups is 1. The molecule has 3 rings (SSSR count). The van der Waals surface area contributed by atoms with E-state index in [9.17, 15) is 24.5 Å². The lowest BCUT2D eigenvalue weighted by Gasteiger charge is -2.28. The zero-order valence-corrected chi connectivity index (χ0v) is 16.2. The molecule has 0 radical (unpaired) electrons. The molecule has 0 saturated carbocycles. The van der Waals surface area contributed by atoms with Crippen molar-refractivity contribution in [1.29, 1.82) is 0 Å². The summed E-state index contributed by atoms with van der Waals surface area (Å²) in [5.41, 5.74) is 5.35. The summed E-state index contributed by atoms with van der Waals surface area (Å²) >= 11 is 0. The number of nitro benzene ring substituents is 1. The standard InChI is InChI=1S/C20H20N4O6/c1-13(25)21-22-19(26)16-10-15-8-5-9-23(18(15)17(11-16)24(28)29)20(27)30-12-14-6-3-2-4-7-14/h2-4,6-7,10-11H,5,8-9,12H2,1H3,(H,21,25)(H,22,26). The van der Waals surface area contributed by atoms with E-state index in [1.807, 2.05) is 18.2 Å². The molecule has 30 heavy (non-hydrogen) atoms. The van der Waals surface area contributed by atoms with Crippen LogP contribution in [0, 0.1) is 10.1 Å². The van der Waals surface area contributed by atoms with Gasteiger partial charge in [0, 0.05) is 25.1 Å². The average Bonchev–Trinajstić information content (AvgIpc) is 2.75. The minimum atomic E-state index is -0.696. The third kappa shape index (κ3) is 4.72. The summed E-state index contributed by atoms with van der Waals surface area (Å²) in [6.07, 6.45) is 0.319. The normalized spacial score (nSPS) is 12.5. The molecule has 1 heterocycles. The summed E-state index contributed by atoms with van der Waals surface area (Å²) in [4.78, 5) is 48.1. The number of nitrogens with one attached hydrogen (secondary N) is 2. The Balaban J connectivity index is 1.87. The number of rotatable bonds is 4. The number of benzene rings is 2. The Morgan fingerprint density at radius 1 is 1.17 bits per heavy atom. The van der Waals surface area contributed by atoms with Crippen molar-refractivity contribution in [1.82, 2.24) is 10.9 Å². The van der Waals surface area contributed by atoms with Crippen molar-refractivity contribution in [3.8, 4) is 0 Å². The smallest absolute Gasteiger partial charge is 0.414 e. The van der Waals surface area contributed by atoms with Gasteiger partial charge >= 0.3 is 6.09 Å². The van der Waals surface area contributed by atoms with Crippen molar-refractivity contribution >= 4 is 29.3 Å². The van der Waals surface area contributed by atoms with Crippen LogP contribution in [0.2, 0.25) is 0 Å². The molecule has 2 N–H and O–H groups in total. The minimum Gasteiger partial charge on any atom is -0.444 e. The zero-order chi connectivity index (χ0) is 21.7. The van der Waals surface area contributed by atoms with E-state index in [0.717, 1.165) is 11.6 Å². The Labute approximate surface area is 171 Å². The lowest BCUT2D eigenvalue weighted by atomic mass is 9.97. The SMILES string of the molecule is CC(=O)NNC(=O)c1cc2c(c([N+](=O)[O-])c1)N(C(=O)OCc1ccccc1)CCC2. The number of anilines is 1. The molecule has 0 unspecified atom stereocenters. The molecule has 0 aliphatic carbocycles. The molecule has 0 saturated heterocycles. The van der Waals surface area contributed by atoms with Crippen LogP contribution < -0.4 is 15.8 Å². The number of nitrogens with zero attached hydrogens (tertiary/aromatic N) is 2. The molecule has 3 amide bonds. The number of carbonyl (C=O) groups is 3. The highest BCUT2D eigenvalue weighted by Gasteiger charge is 2.33. The first-order chi connectivity index (χ1) is 14.4. The highest BCUT2D eigenvalue weighted by Crippen LogP contribution is 2.37. The van der Waals surface area contributed by atoms with Crippen molar-refractivity contribution in [2.24, 2.45) is 0 Å². The van der Waals surface area contributed by atoms with Crippen LogP contribution >= 0.6 is 0 Å². The maximum Gasteiger partial charge on any atom is 0.414 e. The van der Waals surface area contributed by atoms with Gasteiger partial charge in [0.05, 0.1) is 4.92 Å². The second-order valence-electron chi connectivity index (χ2n) is 6.69. The minimum absolute atomic E-state index is 0.00806. The van der Waals surface area contributed by atoms with Crippen LogP contribution in [-0.4, -0.2) is 29.4 Å². The molecule has 0 aromatic heterocycles. The van der Waals surface area contributed by atoms with Gasteiger partial charge in [-0.25, -0.2) is 4.79 Å². The van der Waals surface area contributed by atoms with E-state index in [-0.39, 0.29) is 30.1 Å². The molecule has 2 aromatic rings. The van der Waals surface area contributed by atoms with Crippen molar-refractivity contribution < 1.29 is 24.0 Å². The summed E-state index contributed by atoms with van der Waals surface area (Å²) in [6, 6.07) is 11.7. The monoisotopic (exact) mass is 412 g/mol. The van der Waals surface area contributed by atoms with Crippen LogP contribution in [0.1, 0.15) is 34.8 Å². The van der Waals surface area contributed by atoms with Gasteiger partial charge in [-0.3, -0.25) is 35.5 Å². The second kappa shape index (κ2) is 9.03. The molecular formula is C20H20N4O6. The van der Waals surface area contributed by atoms with Crippen molar-refractivity contribution in [3.63, 3.8) is 0 Å². The number of aryl methyl sites for hydroxylation is 1. The Kier molecular flexibility index (Phi) is 6.26. The third-order valence-electron chi connectivity index (χ3n) is 4.50. The second-order valence-corrected chi connectivity index (χ2v) is 6.69.